The summed E-state index contributed by atoms with van der Waals surface area (Å²) in [6.45, 7) is 9.71. The number of carbonyl (C=O) groups is 4. The molecule has 0 spiro atoms. The van der Waals surface area contributed by atoms with Crippen LogP contribution in [0.5, 0.6) is 0 Å². The SMILES string of the molecule is CCCCCCCCCCCCCCCCCCCC(=O)OC[C@H](COP(=O)(O)OC[C@@H](O)COP(=O)(O)OC[C@@H](COC(=O)CCCCCCCCCCCCC)OC(=O)CCCCCCCCCCCCCCC(C)C)OC(=O)CCCCCCCCCCCCCCCCC(C)CC. The van der Waals surface area contributed by atoms with Crippen LogP contribution in [-0.2, 0) is 65.4 Å². The summed E-state index contributed by atoms with van der Waals surface area (Å²) in [5.74, 6) is -0.482. The van der Waals surface area contributed by atoms with Gasteiger partial charge in [-0.2, -0.15) is 0 Å². The van der Waals surface area contributed by atoms with Crippen LogP contribution in [0.4, 0.5) is 0 Å². The van der Waals surface area contributed by atoms with Gasteiger partial charge in [-0.15, -0.1) is 0 Å². The highest BCUT2D eigenvalue weighted by atomic mass is 31.2. The van der Waals surface area contributed by atoms with Gasteiger partial charge < -0.3 is 33.8 Å². The van der Waals surface area contributed by atoms with E-state index in [1.54, 1.807) is 0 Å². The number of hydrogen-bond acceptors (Lipinski definition) is 15. The second kappa shape index (κ2) is 73.6. The molecule has 0 saturated carbocycles. The number of phosphoric ester groups is 2. The molecule has 0 aliphatic carbocycles. The topological polar surface area (TPSA) is 237 Å². The zero-order valence-corrected chi connectivity index (χ0v) is 68.0. The van der Waals surface area contributed by atoms with Crippen molar-refractivity contribution in [1.29, 1.82) is 0 Å². The van der Waals surface area contributed by atoms with Crippen molar-refractivity contribution in [3.05, 3.63) is 0 Å². The second-order valence-corrected chi connectivity index (χ2v) is 33.1. The van der Waals surface area contributed by atoms with Gasteiger partial charge in [-0.3, -0.25) is 37.3 Å². The van der Waals surface area contributed by atoms with Crippen LogP contribution in [0, 0.1) is 11.8 Å². The number of phosphoric acid groups is 2. The average Bonchev–Trinajstić information content (AvgIpc) is 1.01. The number of esters is 4. The van der Waals surface area contributed by atoms with Gasteiger partial charge in [-0.05, 0) is 37.5 Å². The lowest BCUT2D eigenvalue weighted by Gasteiger charge is -2.21. The Kier molecular flexibility index (Phi) is 72.2. The maximum Gasteiger partial charge on any atom is 0.472 e. The minimum Gasteiger partial charge on any atom is -0.462 e. The van der Waals surface area contributed by atoms with Crippen molar-refractivity contribution >= 4 is 39.5 Å². The standard InChI is InChI=1S/C82H160O17P2/c1-7-10-12-14-16-18-20-21-22-23-24-28-35-41-47-53-59-65-80(85)93-71-78(98-81(86)66-60-54-48-42-36-29-26-25-27-34-39-45-51-57-63-75(6)9-3)73-97-101(90,91)95-69-76(83)68-94-100(88,89)96-72-77(70-92-79(84)64-58-52-46-40-32-19-17-15-13-11-8-2)99-82(87)67-61-55-49-43-37-31-30-33-38-44-50-56-62-74(4)5/h74-78,83H,7-73H2,1-6H3,(H,88,89)(H,90,91)/t75?,76-,77+,78+/m0/s1. The van der Waals surface area contributed by atoms with Crippen molar-refractivity contribution < 1.29 is 80.2 Å². The van der Waals surface area contributed by atoms with E-state index in [-0.39, 0.29) is 25.7 Å². The monoisotopic (exact) mass is 1480 g/mol. The van der Waals surface area contributed by atoms with E-state index in [1.807, 2.05) is 0 Å². The molecule has 19 heteroatoms. The highest BCUT2D eigenvalue weighted by Gasteiger charge is 2.30. The van der Waals surface area contributed by atoms with E-state index >= 15 is 0 Å². The fourth-order valence-corrected chi connectivity index (χ4v) is 14.3. The summed E-state index contributed by atoms with van der Waals surface area (Å²) in [4.78, 5) is 73.1. The average molecular weight is 1480 g/mol. The van der Waals surface area contributed by atoms with Crippen LogP contribution >= 0.6 is 15.6 Å². The molecule has 0 aromatic carbocycles. The van der Waals surface area contributed by atoms with Crippen molar-refractivity contribution in [3.8, 4) is 0 Å². The van der Waals surface area contributed by atoms with Crippen LogP contribution in [0.2, 0.25) is 0 Å². The highest BCUT2D eigenvalue weighted by molar-refractivity contribution is 7.47. The minimum atomic E-state index is -4.96. The molecular formula is C82H160O17P2. The van der Waals surface area contributed by atoms with Crippen LogP contribution in [0.1, 0.15) is 433 Å². The van der Waals surface area contributed by atoms with Crippen LogP contribution in [0.3, 0.4) is 0 Å². The largest absolute Gasteiger partial charge is 0.472 e. The van der Waals surface area contributed by atoms with Gasteiger partial charge in [0.15, 0.2) is 12.2 Å². The Morgan fingerprint density at radius 2 is 0.505 bits per heavy atom. The summed E-state index contributed by atoms with van der Waals surface area (Å²) >= 11 is 0. The first kappa shape index (κ1) is 99.1. The highest BCUT2D eigenvalue weighted by Crippen LogP contribution is 2.45. The fourth-order valence-electron chi connectivity index (χ4n) is 12.7. The maximum atomic E-state index is 13.1. The molecule has 600 valence electrons. The second-order valence-electron chi connectivity index (χ2n) is 30.2. The zero-order valence-electron chi connectivity index (χ0n) is 66.2. The number of aliphatic hydroxyl groups is 1. The Bertz CT molecular complexity index is 1940. The van der Waals surface area contributed by atoms with E-state index in [2.05, 4.69) is 41.5 Å². The van der Waals surface area contributed by atoms with Gasteiger partial charge in [-0.25, -0.2) is 9.13 Å². The van der Waals surface area contributed by atoms with E-state index in [1.165, 1.54) is 250 Å². The summed E-state index contributed by atoms with van der Waals surface area (Å²) in [7, 11) is -9.92. The predicted molar refractivity (Wildman–Crippen MR) is 414 cm³/mol. The van der Waals surface area contributed by atoms with Crippen LogP contribution in [0.15, 0.2) is 0 Å². The molecule has 0 aliphatic heterocycles. The van der Waals surface area contributed by atoms with Gasteiger partial charge in [0.2, 0.25) is 0 Å². The Hall–Kier alpha value is -1.94. The molecule has 0 radical (unpaired) electrons. The molecule has 3 N–H and O–H groups in total. The number of rotatable bonds is 81. The van der Waals surface area contributed by atoms with E-state index in [0.29, 0.717) is 25.7 Å². The van der Waals surface area contributed by atoms with Crippen molar-refractivity contribution in [2.75, 3.05) is 39.6 Å². The molecule has 0 aromatic heterocycles. The van der Waals surface area contributed by atoms with Gasteiger partial charge in [-0.1, -0.05) is 382 Å². The molecule has 0 amide bonds. The van der Waals surface area contributed by atoms with Gasteiger partial charge >= 0.3 is 39.5 Å². The molecule has 0 rings (SSSR count). The maximum absolute atomic E-state index is 13.1. The number of carbonyl (C=O) groups excluding carboxylic acids is 4. The lowest BCUT2D eigenvalue weighted by molar-refractivity contribution is -0.161. The Labute approximate surface area is 619 Å². The predicted octanol–water partition coefficient (Wildman–Crippen LogP) is 24.7. The Morgan fingerprint density at radius 1 is 0.287 bits per heavy atom. The minimum absolute atomic E-state index is 0.107. The number of ether oxygens (including phenoxy) is 4. The lowest BCUT2D eigenvalue weighted by atomic mass is 9.99. The Morgan fingerprint density at radius 3 is 0.752 bits per heavy atom. The van der Waals surface area contributed by atoms with Crippen LogP contribution in [-0.4, -0.2) is 96.7 Å². The summed E-state index contributed by atoms with van der Waals surface area (Å²) in [5.41, 5.74) is 0. The van der Waals surface area contributed by atoms with Crippen molar-refractivity contribution in [3.63, 3.8) is 0 Å². The van der Waals surface area contributed by atoms with Crippen LogP contribution in [0.25, 0.3) is 0 Å². The van der Waals surface area contributed by atoms with E-state index < -0.39 is 97.5 Å². The normalized spacial score (nSPS) is 14.2. The van der Waals surface area contributed by atoms with Gasteiger partial charge in [0, 0.05) is 25.7 Å². The molecule has 101 heavy (non-hydrogen) atoms. The molecule has 0 fully saturated rings. The first-order chi connectivity index (χ1) is 48.9. The number of aliphatic hydroxyl groups excluding tert-OH is 1. The fraction of sp³-hybridized carbons (Fsp3) is 0.951. The van der Waals surface area contributed by atoms with E-state index in [4.69, 9.17) is 37.0 Å². The van der Waals surface area contributed by atoms with E-state index in [9.17, 15) is 43.2 Å². The summed E-state index contributed by atoms with van der Waals surface area (Å²) in [6.07, 6.45) is 63.6. The van der Waals surface area contributed by atoms with Crippen LogP contribution < -0.4 is 0 Å². The summed E-state index contributed by atoms with van der Waals surface area (Å²) in [5, 5.41) is 10.7. The molecule has 3 unspecified atom stereocenters. The molecule has 17 nitrogen and oxygen atoms in total. The first-order valence-electron chi connectivity index (χ1n) is 42.5. The van der Waals surface area contributed by atoms with Crippen molar-refractivity contribution in [2.24, 2.45) is 11.8 Å². The molecule has 6 atom stereocenters. The summed E-state index contributed by atoms with van der Waals surface area (Å²) in [6, 6.07) is 0. The van der Waals surface area contributed by atoms with Crippen molar-refractivity contribution in [2.45, 2.75) is 452 Å². The number of hydrogen-bond donors (Lipinski definition) is 3. The number of unbranched alkanes of at least 4 members (excludes halogenated alkanes) is 50. The van der Waals surface area contributed by atoms with Crippen molar-refractivity contribution in [1.82, 2.24) is 0 Å². The first-order valence-corrected chi connectivity index (χ1v) is 45.5. The molecule has 0 saturated heterocycles. The molecule has 0 bridgehead atoms. The lowest BCUT2D eigenvalue weighted by Crippen LogP contribution is -2.30. The third-order valence-electron chi connectivity index (χ3n) is 19.6. The third-order valence-corrected chi connectivity index (χ3v) is 21.5. The molecule has 0 heterocycles. The van der Waals surface area contributed by atoms with Gasteiger partial charge in [0.25, 0.3) is 0 Å². The zero-order chi connectivity index (χ0) is 74.2. The van der Waals surface area contributed by atoms with Gasteiger partial charge in [0.1, 0.15) is 19.3 Å². The smallest absolute Gasteiger partial charge is 0.462 e. The van der Waals surface area contributed by atoms with E-state index in [0.717, 1.165) is 102 Å². The third kappa shape index (κ3) is 74.7. The molecular weight excluding hydrogens is 1320 g/mol. The molecule has 0 aromatic rings. The summed E-state index contributed by atoms with van der Waals surface area (Å²) < 4.78 is 68.8. The van der Waals surface area contributed by atoms with Gasteiger partial charge in [0.05, 0.1) is 26.4 Å². The quantitative estimate of drug-likeness (QED) is 0.0222. The molecule has 0 aliphatic rings. The Balaban J connectivity index is 5.26.